The van der Waals surface area contributed by atoms with Crippen LogP contribution in [0.25, 0.3) is 0 Å². The number of hydrogen-bond acceptors (Lipinski definition) is 3. The molecule has 1 heterocycles. The van der Waals surface area contributed by atoms with Gasteiger partial charge in [0.15, 0.2) is 5.76 Å². The molecular formula is C13H13NO2. The lowest BCUT2D eigenvalue weighted by Crippen LogP contribution is -2.05. The largest absolute Gasteiger partial charge is 0.458 e. The summed E-state index contributed by atoms with van der Waals surface area (Å²) in [6.45, 7) is 3.68. The first-order chi connectivity index (χ1) is 7.59. The molecular weight excluding hydrogens is 202 g/mol. The molecule has 0 atom stereocenters. The molecule has 0 aliphatic heterocycles. The second kappa shape index (κ2) is 3.85. The molecule has 2 aromatic rings. The maximum atomic E-state index is 12.1. The monoisotopic (exact) mass is 215 g/mol. The predicted molar refractivity (Wildman–Crippen MR) is 62.5 cm³/mol. The number of nitrogens with two attached hydrogens (primary N) is 1. The van der Waals surface area contributed by atoms with Crippen LogP contribution in [-0.2, 0) is 0 Å². The Hall–Kier alpha value is -2.03. The fraction of sp³-hybridized carbons (Fsp3) is 0.154. The molecule has 16 heavy (non-hydrogen) atoms. The minimum absolute atomic E-state index is 0.172. The number of carbonyl (C=O) groups excluding carboxylic acids is 1. The number of aryl methyl sites for hydroxylation is 2. The van der Waals surface area contributed by atoms with Crippen molar-refractivity contribution in [3.63, 3.8) is 0 Å². The molecule has 3 heteroatoms. The van der Waals surface area contributed by atoms with Crippen LogP contribution in [0.1, 0.15) is 27.4 Å². The van der Waals surface area contributed by atoms with Crippen LogP contribution >= 0.6 is 0 Å². The Bertz CT molecular complexity index is 541. The van der Waals surface area contributed by atoms with E-state index in [2.05, 4.69) is 0 Å². The molecule has 0 spiro atoms. The van der Waals surface area contributed by atoms with Crippen LogP contribution in [0, 0.1) is 13.8 Å². The van der Waals surface area contributed by atoms with Gasteiger partial charge >= 0.3 is 0 Å². The van der Waals surface area contributed by atoms with Gasteiger partial charge in [-0.3, -0.25) is 4.79 Å². The molecule has 0 radical (unpaired) electrons. The highest BCUT2D eigenvalue weighted by Gasteiger charge is 2.16. The number of anilines is 1. The third-order valence-corrected chi connectivity index (χ3v) is 2.53. The summed E-state index contributed by atoms with van der Waals surface area (Å²) in [6.07, 6.45) is 0. The molecule has 0 aliphatic carbocycles. The Labute approximate surface area is 93.9 Å². The first-order valence-electron chi connectivity index (χ1n) is 5.06. The molecule has 0 bridgehead atoms. The summed E-state index contributed by atoms with van der Waals surface area (Å²) in [5.41, 5.74) is 7.77. The normalized spacial score (nSPS) is 10.4. The van der Waals surface area contributed by atoms with E-state index in [1.165, 1.54) is 0 Å². The maximum absolute atomic E-state index is 12.1. The zero-order valence-electron chi connectivity index (χ0n) is 9.28. The van der Waals surface area contributed by atoms with Crippen LogP contribution in [-0.4, -0.2) is 5.78 Å². The lowest BCUT2D eigenvalue weighted by molar-refractivity contribution is 0.101. The number of benzene rings is 1. The minimum atomic E-state index is -0.172. The van der Waals surface area contributed by atoms with Crippen molar-refractivity contribution in [3.8, 4) is 0 Å². The standard InChI is InChI=1S/C13H13NO2/c1-8-4-3-5-10(12(8)14)13(15)11-7-6-9(2)16-11/h3-7H,14H2,1-2H3. The molecule has 2 rings (SSSR count). The van der Waals surface area contributed by atoms with E-state index in [1.54, 1.807) is 25.1 Å². The molecule has 0 unspecified atom stereocenters. The summed E-state index contributed by atoms with van der Waals surface area (Å²) in [5, 5.41) is 0. The molecule has 2 N–H and O–H groups in total. The van der Waals surface area contributed by atoms with E-state index in [9.17, 15) is 4.79 Å². The molecule has 82 valence electrons. The van der Waals surface area contributed by atoms with Crippen LogP contribution < -0.4 is 5.73 Å². The summed E-state index contributed by atoms with van der Waals surface area (Å²) in [6, 6.07) is 8.83. The van der Waals surface area contributed by atoms with E-state index in [0.29, 0.717) is 17.0 Å². The summed E-state index contributed by atoms with van der Waals surface area (Å²) in [7, 11) is 0. The van der Waals surface area contributed by atoms with Crippen molar-refractivity contribution in [3.05, 3.63) is 53.0 Å². The Balaban J connectivity index is 2.45. The van der Waals surface area contributed by atoms with Gasteiger partial charge in [0.1, 0.15) is 5.76 Å². The number of furan rings is 1. The van der Waals surface area contributed by atoms with Gasteiger partial charge in [0.2, 0.25) is 5.78 Å². The van der Waals surface area contributed by atoms with Gasteiger partial charge in [-0.15, -0.1) is 0 Å². The number of hydrogen-bond donors (Lipinski definition) is 1. The van der Waals surface area contributed by atoms with Gasteiger partial charge in [-0.1, -0.05) is 12.1 Å². The SMILES string of the molecule is Cc1ccc(C(=O)c2cccc(C)c2N)o1. The van der Waals surface area contributed by atoms with Crippen molar-refractivity contribution in [2.24, 2.45) is 0 Å². The molecule has 0 aliphatic rings. The highest BCUT2D eigenvalue weighted by atomic mass is 16.3. The van der Waals surface area contributed by atoms with E-state index in [0.717, 1.165) is 11.3 Å². The summed E-state index contributed by atoms with van der Waals surface area (Å²) in [4.78, 5) is 12.1. The molecule has 0 saturated carbocycles. The number of nitrogen functional groups attached to an aromatic ring is 1. The second-order valence-corrected chi connectivity index (χ2v) is 3.78. The molecule has 0 saturated heterocycles. The number of carbonyl (C=O) groups is 1. The quantitative estimate of drug-likeness (QED) is 0.619. The van der Waals surface area contributed by atoms with Gasteiger partial charge in [0.25, 0.3) is 0 Å². The van der Waals surface area contributed by atoms with E-state index in [-0.39, 0.29) is 5.78 Å². The maximum Gasteiger partial charge on any atom is 0.230 e. The highest BCUT2D eigenvalue weighted by Crippen LogP contribution is 2.21. The molecule has 0 amide bonds. The van der Waals surface area contributed by atoms with Crippen LogP contribution in [0.2, 0.25) is 0 Å². The van der Waals surface area contributed by atoms with Gasteiger partial charge in [-0.25, -0.2) is 0 Å². The summed E-state index contributed by atoms with van der Waals surface area (Å²) < 4.78 is 5.29. The number of rotatable bonds is 2. The van der Waals surface area contributed by atoms with Crippen molar-refractivity contribution in [1.29, 1.82) is 0 Å². The lowest BCUT2D eigenvalue weighted by Gasteiger charge is -2.05. The average molecular weight is 215 g/mol. The zero-order valence-corrected chi connectivity index (χ0v) is 9.28. The van der Waals surface area contributed by atoms with Gasteiger partial charge in [0, 0.05) is 11.3 Å². The third-order valence-electron chi connectivity index (χ3n) is 2.53. The molecule has 3 nitrogen and oxygen atoms in total. The van der Waals surface area contributed by atoms with Crippen LogP contribution in [0.4, 0.5) is 5.69 Å². The third kappa shape index (κ3) is 1.72. The van der Waals surface area contributed by atoms with E-state index in [4.69, 9.17) is 10.2 Å². The lowest BCUT2D eigenvalue weighted by atomic mass is 10.0. The van der Waals surface area contributed by atoms with Gasteiger partial charge in [-0.2, -0.15) is 0 Å². The highest BCUT2D eigenvalue weighted by molar-refractivity contribution is 6.10. The smallest absolute Gasteiger partial charge is 0.230 e. The first-order valence-corrected chi connectivity index (χ1v) is 5.06. The minimum Gasteiger partial charge on any atom is -0.458 e. The van der Waals surface area contributed by atoms with Crippen LogP contribution in [0.3, 0.4) is 0 Å². The van der Waals surface area contributed by atoms with Crippen molar-refractivity contribution in [2.75, 3.05) is 5.73 Å². The summed E-state index contributed by atoms with van der Waals surface area (Å²) >= 11 is 0. The number of para-hydroxylation sites is 1. The van der Waals surface area contributed by atoms with E-state index < -0.39 is 0 Å². The molecule has 0 fully saturated rings. The first kappa shape index (κ1) is 10.5. The predicted octanol–water partition coefficient (Wildman–Crippen LogP) is 2.71. The van der Waals surface area contributed by atoms with Crippen molar-refractivity contribution < 1.29 is 9.21 Å². The van der Waals surface area contributed by atoms with E-state index in [1.807, 2.05) is 19.1 Å². The summed E-state index contributed by atoms with van der Waals surface area (Å²) in [5.74, 6) is 0.874. The molecule has 1 aromatic heterocycles. The van der Waals surface area contributed by atoms with Crippen LogP contribution in [0.5, 0.6) is 0 Å². The van der Waals surface area contributed by atoms with Crippen molar-refractivity contribution >= 4 is 11.5 Å². The Morgan fingerprint density at radius 3 is 2.56 bits per heavy atom. The topological polar surface area (TPSA) is 56.2 Å². The fourth-order valence-corrected chi connectivity index (χ4v) is 1.57. The zero-order chi connectivity index (χ0) is 11.7. The Kier molecular flexibility index (Phi) is 2.52. The second-order valence-electron chi connectivity index (χ2n) is 3.78. The number of ketones is 1. The van der Waals surface area contributed by atoms with Crippen LogP contribution in [0.15, 0.2) is 34.7 Å². The molecule has 1 aromatic carbocycles. The fourth-order valence-electron chi connectivity index (χ4n) is 1.57. The average Bonchev–Trinajstić information content (AvgIpc) is 2.68. The Morgan fingerprint density at radius 1 is 1.19 bits per heavy atom. The van der Waals surface area contributed by atoms with Gasteiger partial charge in [-0.05, 0) is 37.6 Å². The Morgan fingerprint density at radius 2 is 1.94 bits per heavy atom. The van der Waals surface area contributed by atoms with Gasteiger partial charge < -0.3 is 10.2 Å². The van der Waals surface area contributed by atoms with E-state index >= 15 is 0 Å². The van der Waals surface area contributed by atoms with Gasteiger partial charge in [0.05, 0.1) is 0 Å². The van der Waals surface area contributed by atoms with Crippen molar-refractivity contribution in [2.45, 2.75) is 13.8 Å². The van der Waals surface area contributed by atoms with Crippen molar-refractivity contribution in [1.82, 2.24) is 0 Å².